The molecule has 1 aliphatic rings. The van der Waals surface area contributed by atoms with Crippen LogP contribution in [0.25, 0.3) is 30.9 Å². The van der Waals surface area contributed by atoms with Crippen LogP contribution in [0, 0.1) is 0 Å². The van der Waals surface area contributed by atoms with Crippen molar-refractivity contribution in [3.63, 3.8) is 0 Å². The number of hydrogen-bond acceptors (Lipinski definition) is 0. The van der Waals surface area contributed by atoms with Gasteiger partial charge in [0.2, 0.25) is 0 Å². The number of hydrogen-bond donors (Lipinski definition) is 0. The molecule has 2 heteroatoms. The summed E-state index contributed by atoms with van der Waals surface area (Å²) in [6, 6.07) is 35.5. The van der Waals surface area contributed by atoms with Gasteiger partial charge in [-0.25, -0.2) is 0 Å². The zero-order chi connectivity index (χ0) is 20.6. The summed E-state index contributed by atoms with van der Waals surface area (Å²) in [7, 11) is 0. The zero-order valence-electron chi connectivity index (χ0n) is 16.8. The molecule has 1 aromatic heterocycles. The van der Waals surface area contributed by atoms with Crippen LogP contribution in [-0.4, -0.2) is 29.5 Å². The van der Waals surface area contributed by atoms with Crippen LogP contribution in [0.5, 0.6) is 0 Å². The zero-order valence-corrected chi connectivity index (χ0v) is 20.2. The van der Waals surface area contributed by atoms with Gasteiger partial charge in [-0.15, -0.1) is 0 Å². The van der Waals surface area contributed by atoms with Crippen molar-refractivity contribution >= 4 is 69.3 Å². The van der Waals surface area contributed by atoms with Crippen molar-refractivity contribution in [3.8, 4) is 0 Å². The van der Waals surface area contributed by atoms with Gasteiger partial charge in [-0.1, -0.05) is 0 Å². The molecule has 1 aliphatic heterocycles. The van der Waals surface area contributed by atoms with E-state index in [9.17, 15) is 0 Å². The molecule has 0 bridgehead atoms. The number of benzene rings is 4. The van der Waals surface area contributed by atoms with E-state index < -0.39 is 0 Å². The van der Waals surface area contributed by atoms with Crippen LogP contribution < -0.4 is 8.92 Å². The molecule has 2 heterocycles. The molecule has 0 amide bonds. The molecule has 0 nitrogen and oxygen atoms in total. The molecule has 0 unspecified atom stereocenters. The quantitative estimate of drug-likeness (QED) is 0.209. The van der Waals surface area contributed by atoms with Crippen LogP contribution in [0.1, 0.15) is 16.7 Å². The molecule has 0 fully saturated rings. The topological polar surface area (TPSA) is 0 Å². The third-order valence-corrected chi connectivity index (χ3v) is 10.5. The molecule has 0 aliphatic carbocycles. The van der Waals surface area contributed by atoms with E-state index in [4.69, 9.17) is 0 Å². The standard InChI is InChI=1S/C29H19Se2/c1-5-16-26-22(10-1)20(23-11-2-6-17-27(23)30-26)14-9-15-21-24-12-3-7-18-28(24)31-29-19-8-4-13-25(21)29/h1-19H/q+1. The Bertz CT molecular complexity index is 1410. The Kier molecular flexibility index (Phi) is 4.95. The van der Waals surface area contributed by atoms with Gasteiger partial charge in [0.15, 0.2) is 0 Å². The molecule has 31 heavy (non-hydrogen) atoms. The van der Waals surface area contributed by atoms with Crippen LogP contribution in [0.2, 0.25) is 0 Å². The third-order valence-electron chi connectivity index (χ3n) is 5.67. The molecule has 0 N–H and O–H groups in total. The fourth-order valence-electron chi connectivity index (χ4n) is 4.24. The normalized spacial score (nSPS) is 12.8. The molecule has 0 atom stereocenters. The van der Waals surface area contributed by atoms with E-state index in [1.54, 1.807) is 0 Å². The minimum absolute atomic E-state index is 0.367. The summed E-state index contributed by atoms with van der Waals surface area (Å²) in [4.78, 5) is 0. The molecular weight excluding hydrogens is 506 g/mol. The summed E-state index contributed by atoms with van der Waals surface area (Å²) in [5.74, 6) is 0. The molecule has 0 spiro atoms. The van der Waals surface area contributed by atoms with Crippen LogP contribution in [0.3, 0.4) is 0 Å². The monoisotopic (exact) mass is 527 g/mol. The Morgan fingerprint density at radius 2 is 1.10 bits per heavy atom. The number of fused-ring (bicyclic) bond motifs is 4. The molecule has 0 saturated heterocycles. The van der Waals surface area contributed by atoms with Crippen LogP contribution in [0.15, 0.2) is 109 Å². The Labute approximate surface area is 194 Å². The van der Waals surface area contributed by atoms with Gasteiger partial charge in [-0.3, -0.25) is 0 Å². The molecule has 4 aromatic carbocycles. The Morgan fingerprint density at radius 3 is 1.71 bits per heavy atom. The second-order valence-electron chi connectivity index (χ2n) is 7.54. The van der Waals surface area contributed by atoms with E-state index in [2.05, 4.69) is 115 Å². The summed E-state index contributed by atoms with van der Waals surface area (Å²) in [6.45, 7) is 0. The van der Waals surface area contributed by atoms with Gasteiger partial charge in [0.25, 0.3) is 0 Å². The maximum absolute atomic E-state index is 2.31. The fourth-order valence-corrected chi connectivity index (χ4v) is 8.88. The Morgan fingerprint density at radius 1 is 0.581 bits per heavy atom. The summed E-state index contributed by atoms with van der Waals surface area (Å²) in [5.41, 5.74) is 5.42. The van der Waals surface area contributed by atoms with E-state index in [1.807, 2.05) is 0 Å². The first-order valence-electron chi connectivity index (χ1n) is 10.4. The molecule has 0 saturated carbocycles. The van der Waals surface area contributed by atoms with Crippen LogP contribution >= 0.6 is 0 Å². The molecule has 5 aromatic rings. The first-order chi connectivity index (χ1) is 15.4. The Hall–Kier alpha value is -2.73. The van der Waals surface area contributed by atoms with Gasteiger partial charge >= 0.3 is 195 Å². The van der Waals surface area contributed by atoms with E-state index in [-0.39, 0.29) is 0 Å². The maximum atomic E-state index is 2.31. The average molecular weight is 525 g/mol. The van der Waals surface area contributed by atoms with E-state index in [0.717, 1.165) is 0 Å². The third kappa shape index (κ3) is 3.43. The van der Waals surface area contributed by atoms with Crippen molar-refractivity contribution in [2.45, 2.75) is 0 Å². The van der Waals surface area contributed by atoms with Crippen molar-refractivity contribution in [2.75, 3.05) is 0 Å². The van der Waals surface area contributed by atoms with E-state index in [0.29, 0.717) is 29.5 Å². The van der Waals surface area contributed by atoms with Crippen LogP contribution in [-0.2, 0) is 0 Å². The SMILES string of the molecule is C(/C=C/c1c2ccccc2[se+]c2ccccc12)=C1c2ccccc2[Se]c2ccccc21. The van der Waals surface area contributed by atoms with Crippen molar-refractivity contribution in [1.82, 2.24) is 0 Å². The first kappa shape index (κ1) is 19.0. The van der Waals surface area contributed by atoms with Crippen LogP contribution in [0.4, 0.5) is 0 Å². The second kappa shape index (κ2) is 8.08. The van der Waals surface area contributed by atoms with E-state index in [1.165, 1.54) is 50.5 Å². The summed E-state index contributed by atoms with van der Waals surface area (Å²) >= 11 is 0.735. The summed E-state index contributed by atoms with van der Waals surface area (Å²) in [6.07, 6.45) is 6.87. The number of rotatable bonds is 2. The summed E-state index contributed by atoms with van der Waals surface area (Å²) in [5, 5.41) is 2.76. The van der Waals surface area contributed by atoms with Crippen molar-refractivity contribution in [2.24, 2.45) is 0 Å². The van der Waals surface area contributed by atoms with Crippen molar-refractivity contribution in [1.29, 1.82) is 0 Å². The minimum atomic E-state index is 0.367. The van der Waals surface area contributed by atoms with Gasteiger partial charge in [0.05, 0.1) is 0 Å². The van der Waals surface area contributed by atoms with E-state index >= 15 is 0 Å². The van der Waals surface area contributed by atoms with Crippen molar-refractivity contribution in [3.05, 3.63) is 126 Å². The predicted octanol–water partition coefficient (Wildman–Crippen LogP) is 5.44. The van der Waals surface area contributed by atoms with Gasteiger partial charge < -0.3 is 0 Å². The average Bonchev–Trinajstić information content (AvgIpc) is 2.83. The van der Waals surface area contributed by atoms with Gasteiger partial charge in [-0.05, 0) is 0 Å². The van der Waals surface area contributed by atoms with Gasteiger partial charge in [0, 0.05) is 0 Å². The fraction of sp³-hybridized carbons (Fsp3) is 0. The van der Waals surface area contributed by atoms with Crippen molar-refractivity contribution < 1.29 is 0 Å². The molecule has 146 valence electrons. The first-order valence-corrected chi connectivity index (χ1v) is 13.8. The molecule has 0 radical (unpaired) electrons. The second-order valence-corrected chi connectivity index (χ2v) is 12.1. The predicted molar refractivity (Wildman–Crippen MR) is 137 cm³/mol. The molecular formula is C29H19Se2+. The van der Waals surface area contributed by atoms with Gasteiger partial charge in [-0.2, -0.15) is 0 Å². The summed E-state index contributed by atoms with van der Waals surface area (Å²) < 4.78 is 5.88. The number of allylic oxidation sites excluding steroid dienone is 2. The Balaban J connectivity index is 1.53. The van der Waals surface area contributed by atoms with Gasteiger partial charge in [0.1, 0.15) is 0 Å². The molecule has 6 rings (SSSR count).